The number of carboxylic acids is 1. The highest BCUT2D eigenvalue weighted by molar-refractivity contribution is 5.85. The number of carbonyl (C=O) groups is 1. The minimum Gasteiger partial charge on any atom is -0.478 e. The molecule has 0 aliphatic carbocycles. The van der Waals surface area contributed by atoms with Gasteiger partial charge in [-0.2, -0.15) is 0 Å². The van der Waals surface area contributed by atoms with Gasteiger partial charge in [0.2, 0.25) is 0 Å². The molecule has 0 spiro atoms. The van der Waals surface area contributed by atoms with Gasteiger partial charge < -0.3 is 5.11 Å². The summed E-state index contributed by atoms with van der Waals surface area (Å²) in [5.74, 6) is -0.893. The molecule has 0 aromatic heterocycles. The predicted octanol–water partition coefficient (Wildman–Crippen LogP) is 5.08. The Kier molecular flexibility index (Phi) is 8.44. The van der Waals surface area contributed by atoms with E-state index in [1.165, 1.54) is 56.6 Å². The Balaban J connectivity index is 2.34. The van der Waals surface area contributed by atoms with E-state index in [0.717, 1.165) is 12.0 Å². The molecule has 1 N–H and O–H groups in total. The lowest BCUT2D eigenvalue weighted by atomic mass is 10.00. The molecule has 0 saturated heterocycles. The molecule has 0 aliphatic rings. The van der Waals surface area contributed by atoms with Crippen molar-refractivity contribution in [1.82, 2.24) is 0 Å². The van der Waals surface area contributed by atoms with Gasteiger partial charge in [-0.15, -0.1) is 0 Å². The monoisotopic (exact) mass is 274 g/mol. The zero-order valence-corrected chi connectivity index (χ0v) is 12.5. The van der Waals surface area contributed by atoms with E-state index in [9.17, 15) is 4.79 Å². The molecule has 1 rings (SSSR count). The van der Waals surface area contributed by atoms with E-state index in [2.05, 4.69) is 13.0 Å². The Morgan fingerprint density at radius 2 is 1.70 bits per heavy atom. The first-order chi connectivity index (χ1) is 9.74. The Bertz CT molecular complexity index is 421. The molecule has 0 fully saturated rings. The van der Waals surface area contributed by atoms with E-state index in [0.29, 0.717) is 0 Å². The number of carboxylic acid groups (broad SMARTS) is 1. The lowest BCUT2D eigenvalue weighted by Gasteiger charge is -2.06. The highest BCUT2D eigenvalue weighted by Crippen LogP contribution is 2.15. The van der Waals surface area contributed by atoms with Crippen LogP contribution in [0.15, 0.2) is 30.3 Å². The molecule has 0 bridgehead atoms. The van der Waals surface area contributed by atoms with Gasteiger partial charge in [0.25, 0.3) is 0 Å². The third-order valence-electron chi connectivity index (χ3n) is 3.51. The second-order valence-corrected chi connectivity index (χ2v) is 5.24. The number of aryl methyl sites for hydroxylation is 1. The second kappa shape index (κ2) is 10.2. The predicted molar refractivity (Wildman–Crippen MR) is 84.8 cm³/mol. The van der Waals surface area contributed by atoms with Gasteiger partial charge in [-0.3, -0.25) is 0 Å². The van der Waals surface area contributed by atoms with Crippen LogP contribution in [-0.2, 0) is 11.2 Å². The first-order valence-corrected chi connectivity index (χ1v) is 7.73. The highest BCUT2D eigenvalue weighted by atomic mass is 16.4. The van der Waals surface area contributed by atoms with Crippen molar-refractivity contribution in [3.8, 4) is 0 Å². The number of aliphatic carboxylic acids is 1. The number of hydrogen-bond donors (Lipinski definition) is 1. The van der Waals surface area contributed by atoms with E-state index in [-0.39, 0.29) is 0 Å². The Morgan fingerprint density at radius 3 is 2.40 bits per heavy atom. The van der Waals surface area contributed by atoms with Crippen molar-refractivity contribution >= 4 is 12.0 Å². The molecule has 20 heavy (non-hydrogen) atoms. The average molecular weight is 274 g/mol. The highest BCUT2D eigenvalue weighted by Gasteiger charge is 1.99. The summed E-state index contributed by atoms with van der Waals surface area (Å²) in [6.07, 6.45) is 13.0. The lowest BCUT2D eigenvalue weighted by Crippen LogP contribution is -1.92. The summed E-state index contributed by atoms with van der Waals surface area (Å²) in [5.41, 5.74) is 2.28. The molecule has 0 aliphatic heterocycles. The normalized spacial score (nSPS) is 11.1. The Labute approximate surface area is 122 Å². The van der Waals surface area contributed by atoms with Crippen LogP contribution < -0.4 is 0 Å². The molecule has 0 heterocycles. The Hall–Kier alpha value is -1.57. The summed E-state index contributed by atoms with van der Waals surface area (Å²) < 4.78 is 0. The van der Waals surface area contributed by atoms with Crippen LogP contribution in [0.5, 0.6) is 0 Å². The minimum atomic E-state index is -0.893. The summed E-state index contributed by atoms with van der Waals surface area (Å²) >= 11 is 0. The van der Waals surface area contributed by atoms with Crippen molar-refractivity contribution in [3.05, 3.63) is 41.5 Å². The number of rotatable bonds is 10. The van der Waals surface area contributed by atoms with Gasteiger partial charge in [-0.25, -0.2) is 4.79 Å². The third-order valence-corrected chi connectivity index (χ3v) is 3.51. The van der Waals surface area contributed by atoms with Crippen LogP contribution in [0.25, 0.3) is 6.08 Å². The van der Waals surface area contributed by atoms with Crippen LogP contribution in [0, 0.1) is 0 Å². The summed E-state index contributed by atoms with van der Waals surface area (Å²) in [7, 11) is 0. The van der Waals surface area contributed by atoms with Crippen LogP contribution in [-0.4, -0.2) is 11.1 Å². The maximum absolute atomic E-state index is 10.6. The third kappa shape index (κ3) is 7.13. The summed E-state index contributed by atoms with van der Waals surface area (Å²) in [5, 5.41) is 8.70. The van der Waals surface area contributed by atoms with Crippen LogP contribution in [0.4, 0.5) is 0 Å². The fourth-order valence-corrected chi connectivity index (χ4v) is 2.36. The maximum atomic E-state index is 10.6. The van der Waals surface area contributed by atoms with E-state index < -0.39 is 5.97 Å². The van der Waals surface area contributed by atoms with Crippen molar-refractivity contribution < 1.29 is 9.90 Å². The van der Waals surface area contributed by atoms with Crippen LogP contribution in [0.2, 0.25) is 0 Å². The molecule has 0 radical (unpaired) electrons. The number of benzene rings is 1. The molecule has 110 valence electrons. The van der Waals surface area contributed by atoms with E-state index >= 15 is 0 Å². The van der Waals surface area contributed by atoms with E-state index in [1.807, 2.05) is 18.2 Å². The van der Waals surface area contributed by atoms with Gasteiger partial charge >= 0.3 is 5.97 Å². The van der Waals surface area contributed by atoms with Crippen LogP contribution in [0.1, 0.15) is 63.0 Å². The standard InChI is InChI=1S/C18H26O2/c1-2-3-4-5-6-7-8-11-16-12-9-10-13-17(16)14-15-18(19)20/h9-10,12-15H,2-8,11H2,1H3,(H,19,20)/b15-14+. The zero-order valence-electron chi connectivity index (χ0n) is 12.5. The topological polar surface area (TPSA) is 37.3 Å². The fraction of sp³-hybridized carbons (Fsp3) is 0.500. The molecule has 2 nitrogen and oxygen atoms in total. The van der Waals surface area contributed by atoms with Crippen molar-refractivity contribution in [1.29, 1.82) is 0 Å². The molecule has 1 aromatic rings. The Morgan fingerprint density at radius 1 is 1.05 bits per heavy atom. The first kappa shape index (κ1) is 16.5. The minimum absolute atomic E-state index is 0.893. The van der Waals surface area contributed by atoms with E-state index in [4.69, 9.17) is 5.11 Å². The SMILES string of the molecule is CCCCCCCCCc1ccccc1/C=C/C(=O)O. The van der Waals surface area contributed by atoms with Crippen LogP contribution in [0.3, 0.4) is 0 Å². The lowest BCUT2D eigenvalue weighted by molar-refractivity contribution is -0.131. The molecular weight excluding hydrogens is 248 g/mol. The number of hydrogen-bond acceptors (Lipinski definition) is 1. The summed E-state index contributed by atoms with van der Waals surface area (Å²) in [6.45, 7) is 2.24. The summed E-state index contributed by atoms with van der Waals surface area (Å²) in [4.78, 5) is 10.6. The largest absolute Gasteiger partial charge is 0.478 e. The molecule has 2 heteroatoms. The van der Waals surface area contributed by atoms with Crippen molar-refractivity contribution in [2.75, 3.05) is 0 Å². The van der Waals surface area contributed by atoms with Crippen molar-refractivity contribution in [3.63, 3.8) is 0 Å². The molecular formula is C18H26O2. The van der Waals surface area contributed by atoms with Crippen LogP contribution >= 0.6 is 0 Å². The van der Waals surface area contributed by atoms with Gasteiger partial charge in [-0.05, 0) is 30.0 Å². The first-order valence-electron chi connectivity index (χ1n) is 7.73. The molecule has 0 atom stereocenters. The molecule has 0 amide bonds. The second-order valence-electron chi connectivity index (χ2n) is 5.24. The molecule has 0 saturated carbocycles. The fourth-order valence-electron chi connectivity index (χ4n) is 2.36. The van der Waals surface area contributed by atoms with Gasteiger partial charge in [0.1, 0.15) is 0 Å². The van der Waals surface area contributed by atoms with Gasteiger partial charge in [0.15, 0.2) is 0 Å². The van der Waals surface area contributed by atoms with Gasteiger partial charge in [0, 0.05) is 6.08 Å². The molecule has 1 aromatic carbocycles. The quantitative estimate of drug-likeness (QED) is 0.477. The van der Waals surface area contributed by atoms with Gasteiger partial charge in [0.05, 0.1) is 0 Å². The number of unbranched alkanes of at least 4 members (excludes halogenated alkanes) is 6. The van der Waals surface area contributed by atoms with Crippen molar-refractivity contribution in [2.24, 2.45) is 0 Å². The maximum Gasteiger partial charge on any atom is 0.328 e. The molecule has 0 unspecified atom stereocenters. The average Bonchev–Trinajstić information content (AvgIpc) is 2.45. The van der Waals surface area contributed by atoms with E-state index in [1.54, 1.807) is 6.08 Å². The summed E-state index contributed by atoms with van der Waals surface area (Å²) in [6, 6.07) is 8.05. The van der Waals surface area contributed by atoms with Gasteiger partial charge in [-0.1, -0.05) is 69.7 Å². The van der Waals surface area contributed by atoms with Crippen molar-refractivity contribution in [2.45, 2.75) is 58.3 Å². The smallest absolute Gasteiger partial charge is 0.328 e. The zero-order chi connectivity index (χ0) is 14.6.